The quantitative estimate of drug-likeness (QED) is 0.214. The normalized spacial score (nSPS) is 19.8. The van der Waals surface area contributed by atoms with Crippen LogP contribution in [0.5, 0.6) is 11.5 Å². The molecule has 1 saturated carbocycles. The van der Waals surface area contributed by atoms with Gasteiger partial charge in [-0.2, -0.15) is 13.2 Å². The van der Waals surface area contributed by atoms with Crippen molar-refractivity contribution in [3.05, 3.63) is 83.4 Å². The number of ether oxygens (including phenoxy) is 2. The summed E-state index contributed by atoms with van der Waals surface area (Å²) < 4.78 is 69.7. The Morgan fingerprint density at radius 3 is 2.51 bits per heavy atom. The number of halogens is 4. The zero-order valence-electron chi connectivity index (χ0n) is 24.9. The van der Waals surface area contributed by atoms with Gasteiger partial charge in [0.2, 0.25) is 5.60 Å². The molecule has 1 amide bonds. The molecular formula is C33H32F4N4O4. The van der Waals surface area contributed by atoms with Crippen LogP contribution in [0.2, 0.25) is 0 Å². The van der Waals surface area contributed by atoms with Crippen molar-refractivity contribution < 1.29 is 36.9 Å². The zero-order valence-corrected chi connectivity index (χ0v) is 24.9. The van der Waals surface area contributed by atoms with E-state index in [1.807, 2.05) is 6.92 Å². The minimum atomic E-state index is -5.25. The van der Waals surface area contributed by atoms with Gasteiger partial charge in [-0.15, -0.1) is 0 Å². The number of aromatic nitrogens is 2. The highest BCUT2D eigenvalue weighted by molar-refractivity contribution is 5.99. The number of alkyl halides is 3. The maximum atomic E-state index is 14.9. The molecule has 2 aromatic carbocycles. The van der Waals surface area contributed by atoms with Crippen molar-refractivity contribution in [3.63, 3.8) is 0 Å². The maximum Gasteiger partial charge on any atom is 0.424 e. The van der Waals surface area contributed by atoms with Crippen molar-refractivity contribution in [1.29, 1.82) is 0 Å². The van der Waals surface area contributed by atoms with Gasteiger partial charge in [0.05, 0.1) is 26.0 Å². The minimum absolute atomic E-state index is 0.0198. The van der Waals surface area contributed by atoms with Crippen LogP contribution in [0.1, 0.15) is 48.3 Å². The van der Waals surface area contributed by atoms with Crippen LogP contribution in [0.4, 0.5) is 17.6 Å². The Morgan fingerprint density at radius 2 is 1.84 bits per heavy atom. The molecule has 2 atom stereocenters. The van der Waals surface area contributed by atoms with E-state index in [-0.39, 0.29) is 34.9 Å². The van der Waals surface area contributed by atoms with Gasteiger partial charge in [-0.1, -0.05) is 13.0 Å². The lowest BCUT2D eigenvalue weighted by Crippen LogP contribution is -2.51. The van der Waals surface area contributed by atoms with Gasteiger partial charge in [-0.05, 0) is 68.3 Å². The van der Waals surface area contributed by atoms with Gasteiger partial charge in [-0.3, -0.25) is 9.78 Å². The lowest BCUT2D eigenvalue weighted by atomic mass is 9.82. The molecule has 8 nitrogen and oxygen atoms in total. The zero-order chi connectivity index (χ0) is 32.2. The molecular weight excluding hydrogens is 592 g/mol. The number of carbonyl (C=O) groups is 1. The number of fused-ring (bicyclic) bond motifs is 2. The Kier molecular flexibility index (Phi) is 7.48. The van der Waals surface area contributed by atoms with Crippen molar-refractivity contribution in [2.24, 2.45) is 0 Å². The fourth-order valence-electron chi connectivity index (χ4n) is 5.46. The molecule has 0 radical (unpaired) electrons. The largest absolute Gasteiger partial charge is 0.494 e. The van der Waals surface area contributed by atoms with Crippen LogP contribution in [0.15, 0.2) is 60.8 Å². The molecule has 4 aromatic rings. The Bertz CT molecular complexity index is 1780. The second-order valence-corrected chi connectivity index (χ2v) is 12.3. The summed E-state index contributed by atoms with van der Waals surface area (Å²) in [5.74, 6) is -0.867. The van der Waals surface area contributed by atoms with Crippen molar-refractivity contribution in [2.75, 3.05) is 26.8 Å². The average molecular weight is 625 g/mol. The van der Waals surface area contributed by atoms with Crippen LogP contribution in [-0.2, 0) is 11.0 Å². The van der Waals surface area contributed by atoms with Crippen LogP contribution in [0.25, 0.3) is 22.2 Å². The third-order valence-corrected chi connectivity index (χ3v) is 8.73. The van der Waals surface area contributed by atoms with E-state index < -0.39 is 41.2 Å². The molecule has 2 aliphatic rings. The summed E-state index contributed by atoms with van der Waals surface area (Å²) in [6.07, 6.45) is -1.74. The standard InChI is InChI=1S/C33H32F4N4O4/c1-30(16-40-31(2)10-11-31)18-45-28-23(30)15-25(41-27(28)19-6-8-22(34)9-7-19)32(43,33(35,36)37)17-39-29(42)21-13-20-5-4-12-38-26(20)24(14-21)44-3/h4-9,12-15,40,43H,10-11,16-18H2,1-3H3,(H,39,42)/t30-,32-/m0/s1. The first-order valence-electron chi connectivity index (χ1n) is 14.5. The molecule has 0 spiro atoms. The second kappa shape index (κ2) is 11.0. The Morgan fingerprint density at radius 1 is 1.11 bits per heavy atom. The van der Waals surface area contributed by atoms with Gasteiger partial charge in [0.1, 0.15) is 28.5 Å². The summed E-state index contributed by atoms with van der Waals surface area (Å²) in [7, 11) is 1.39. The first kappa shape index (κ1) is 30.7. The van der Waals surface area contributed by atoms with Gasteiger partial charge in [0, 0.05) is 45.8 Å². The number of nitrogens with zero attached hydrogens (tertiary/aromatic N) is 2. The Balaban J connectivity index is 1.40. The third kappa shape index (κ3) is 5.68. The molecule has 1 aliphatic carbocycles. The van der Waals surface area contributed by atoms with Gasteiger partial charge in [-0.25, -0.2) is 9.37 Å². The van der Waals surface area contributed by atoms with E-state index in [1.54, 1.807) is 18.3 Å². The number of methoxy groups -OCH3 is 1. The van der Waals surface area contributed by atoms with E-state index in [4.69, 9.17) is 9.47 Å². The SMILES string of the molecule is COc1cc(C(=O)NC[C@](O)(c2cc3c(c(-c4ccc(F)cc4)n2)OC[C@]3(C)CNC2(C)CC2)C(F)(F)F)cc2cccnc12. The van der Waals surface area contributed by atoms with Crippen molar-refractivity contribution in [1.82, 2.24) is 20.6 Å². The van der Waals surface area contributed by atoms with Gasteiger partial charge in [0.15, 0.2) is 0 Å². The van der Waals surface area contributed by atoms with Gasteiger partial charge >= 0.3 is 6.18 Å². The van der Waals surface area contributed by atoms with Crippen molar-refractivity contribution in [2.45, 2.75) is 49.4 Å². The number of pyridine rings is 2. The Hall–Kier alpha value is -4.29. The van der Waals surface area contributed by atoms with Crippen molar-refractivity contribution in [3.8, 4) is 22.8 Å². The summed E-state index contributed by atoms with van der Waals surface area (Å²) >= 11 is 0. The average Bonchev–Trinajstić information content (AvgIpc) is 3.67. The predicted molar refractivity (Wildman–Crippen MR) is 159 cm³/mol. The molecule has 1 fully saturated rings. The van der Waals surface area contributed by atoms with Gasteiger partial charge < -0.3 is 25.2 Å². The third-order valence-electron chi connectivity index (χ3n) is 8.73. The first-order valence-corrected chi connectivity index (χ1v) is 14.5. The number of hydrogen-bond donors (Lipinski definition) is 3. The molecule has 0 bridgehead atoms. The molecule has 3 N–H and O–H groups in total. The highest BCUT2D eigenvalue weighted by Gasteiger charge is 2.57. The Labute approximate surface area is 256 Å². The number of carbonyl (C=O) groups excluding carboxylic acids is 1. The summed E-state index contributed by atoms with van der Waals surface area (Å²) in [5.41, 5.74) is -3.86. The van der Waals surface area contributed by atoms with Gasteiger partial charge in [0.25, 0.3) is 5.91 Å². The topological polar surface area (TPSA) is 106 Å². The molecule has 45 heavy (non-hydrogen) atoms. The number of hydrogen-bond acceptors (Lipinski definition) is 7. The highest BCUT2D eigenvalue weighted by atomic mass is 19.4. The molecule has 3 heterocycles. The summed E-state index contributed by atoms with van der Waals surface area (Å²) in [4.78, 5) is 21.7. The monoisotopic (exact) mass is 624 g/mol. The number of rotatable bonds is 9. The van der Waals surface area contributed by atoms with Crippen LogP contribution in [0, 0.1) is 5.82 Å². The predicted octanol–water partition coefficient (Wildman–Crippen LogP) is 5.42. The lowest BCUT2D eigenvalue weighted by Gasteiger charge is -2.32. The maximum absolute atomic E-state index is 14.9. The summed E-state index contributed by atoms with van der Waals surface area (Å²) in [5, 5.41) is 17.7. The van der Waals surface area contributed by atoms with E-state index in [1.165, 1.54) is 49.6 Å². The first-order chi connectivity index (χ1) is 21.3. The molecule has 2 aromatic heterocycles. The summed E-state index contributed by atoms with van der Waals surface area (Å²) in [6.45, 7) is 3.27. The summed E-state index contributed by atoms with van der Waals surface area (Å²) in [6, 6.07) is 12.5. The molecule has 236 valence electrons. The van der Waals surface area contributed by atoms with E-state index in [0.717, 1.165) is 12.8 Å². The molecule has 0 unspecified atom stereocenters. The molecule has 0 saturated heterocycles. The van der Waals surface area contributed by atoms with Crippen LogP contribution in [0.3, 0.4) is 0 Å². The fourth-order valence-corrected chi connectivity index (χ4v) is 5.46. The van der Waals surface area contributed by atoms with Crippen LogP contribution < -0.4 is 20.1 Å². The van der Waals surface area contributed by atoms with E-state index in [0.29, 0.717) is 28.6 Å². The highest BCUT2D eigenvalue weighted by Crippen LogP contribution is 2.48. The van der Waals surface area contributed by atoms with Crippen LogP contribution in [-0.4, -0.2) is 59.5 Å². The molecule has 1 aliphatic heterocycles. The molecule has 6 rings (SSSR count). The lowest BCUT2D eigenvalue weighted by molar-refractivity contribution is -0.265. The molecule has 12 heteroatoms. The second-order valence-electron chi connectivity index (χ2n) is 12.3. The smallest absolute Gasteiger partial charge is 0.424 e. The number of amides is 1. The minimum Gasteiger partial charge on any atom is -0.494 e. The van der Waals surface area contributed by atoms with Crippen molar-refractivity contribution >= 4 is 16.8 Å². The number of nitrogens with one attached hydrogen (secondary N) is 2. The number of aliphatic hydroxyl groups is 1. The van der Waals surface area contributed by atoms with E-state index in [2.05, 4.69) is 27.5 Å². The fraction of sp³-hybridized carbons (Fsp3) is 0.364. The van der Waals surface area contributed by atoms with E-state index >= 15 is 0 Å². The van der Waals surface area contributed by atoms with E-state index in [9.17, 15) is 27.5 Å². The number of benzene rings is 2. The van der Waals surface area contributed by atoms with Crippen LogP contribution >= 0.6 is 0 Å².